The molecule has 1 aliphatic rings. The van der Waals surface area contributed by atoms with Crippen molar-refractivity contribution in [2.45, 2.75) is 18.9 Å². The van der Waals surface area contributed by atoms with Crippen LogP contribution in [0.25, 0.3) is 0 Å². The van der Waals surface area contributed by atoms with Crippen LogP contribution >= 0.6 is 15.9 Å². The first-order chi connectivity index (χ1) is 10.3. The van der Waals surface area contributed by atoms with Crippen molar-refractivity contribution in [3.05, 3.63) is 58.7 Å². The summed E-state index contributed by atoms with van der Waals surface area (Å²) in [6, 6.07) is 15.2. The Morgan fingerprint density at radius 2 is 1.86 bits per heavy atom. The Kier molecular flexibility index (Phi) is 4.88. The Labute approximate surface area is 134 Å². The smallest absolute Gasteiger partial charge is 0.126 e. The predicted octanol–water partition coefficient (Wildman–Crippen LogP) is 4.09. The van der Waals surface area contributed by atoms with E-state index in [9.17, 15) is 0 Å². The third-order valence-electron chi connectivity index (χ3n) is 3.97. The summed E-state index contributed by atoms with van der Waals surface area (Å²) in [6.07, 6.45) is 4.44. The second-order valence-electron chi connectivity index (χ2n) is 5.41. The summed E-state index contributed by atoms with van der Waals surface area (Å²) in [5, 5.41) is 3.47. The number of halogens is 1. The molecular formula is C17H20BrN3. The van der Waals surface area contributed by atoms with E-state index in [-0.39, 0.29) is 0 Å². The Morgan fingerprint density at radius 1 is 1.10 bits per heavy atom. The zero-order valence-electron chi connectivity index (χ0n) is 12.0. The van der Waals surface area contributed by atoms with Crippen LogP contribution in [0.5, 0.6) is 0 Å². The van der Waals surface area contributed by atoms with Gasteiger partial charge < -0.3 is 5.32 Å². The molecule has 3 rings (SSSR count). The van der Waals surface area contributed by atoms with Crippen molar-refractivity contribution in [2.75, 3.05) is 25.0 Å². The zero-order chi connectivity index (χ0) is 14.5. The fourth-order valence-electron chi connectivity index (χ4n) is 2.87. The summed E-state index contributed by atoms with van der Waals surface area (Å²) < 4.78 is 1.01. The average molecular weight is 346 g/mol. The molecule has 0 spiro atoms. The number of rotatable bonds is 5. The highest BCUT2D eigenvalue weighted by atomic mass is 79.9. The molecule has 1 saturated heterocycles. The van der Waals surface area contributed by atoms with E-state index in [1.165, 1.54) is 31.5 Å². The van der Waals surface area contributed by atoms with E-state index in [1.807, 2.05) is 18.3 Å². The molecule has 110 valence electrons. The number of benzene rings is 1. The predicted molar refractivity (Wildman–Crippen MR) is 90.4 cm³/mol. The lowest BCUT2D eigenvalue weighted by atomic mass is 10.1. The van der Waals surface area contributed by atoms with Crippen LogP contribution in [0.1, 0.15) is 24.4 Å². The normalized spacial score (nSPS) is 16.8. The molecule has 0 radical (unpaired) electrons. The molecule has 21 heavy (non-hydrogen) atoms. The van der Waals surface area contributed by atoms with Crippen molar-refractivity contribution < 1.29 is 0 Å². The van der Waals surface area contributed by atoms with Gasteiger partial charge >= 0.3 is 0 Å². The Morgan fingerprint density at radius 3 is 2.52 bits per heavy atom. The van der Waals surface area contributed by atoms with Gasteiger partial charge in [-0.25, -0.2) is 4.98 Å². The third-order valence-corrected chi connectivity index (χ3v) is 4.44. The van der Waals surface area contributed by atoms with E-state index < -0.39 is 0 Å². The molecule has 1 aliphatic heterocycles. The molecule has 0 saturated carbocycles. The van der Waals surface area contributed by atoms with E-state index in [4.69, 9.17) is 0 Å². The summed E-state index contributed by atoms with van der Waals surface area (Å²) in [5.74, 6) is 0.929. The highest BCUT2D eigenvalue weighted by Gasteiger charge is 2.23. The summed E-state index contributed by atoms with van der Waals surface area (Å²) in [6.45, 7) is 3.27. The molecule has 1 atom stereocenters. The molecule has 2 heterocycles. The van der Waals surface area contributed by atoms with Crippen LogP contribution in [0, 0.1) is 0 Å². The molecule has 1 unspecified atom stereocenters. The number of pyridine rings is 1. The van der Waals surface area contributed by atoms with E-state index >= 15 is 0 Å². The molecule has 0 bridgehead atoms. The van der Waals surface area contributed by atoms with Gasteiger partial charge in [0.1, 0.15) is 5.82 Å². The molecule has 0 aliphatic carbocycles. The summed E-state index contributed by atoms with van der Waals surface area (Å²) in [5.41, 5.74) is 1.38. The number of hydrogen-bond donors (Lipinski definition) is 1. The van der Waals surface area contributed by atoms with Crippen molar-refractivity contribution >= 4 is 21.7 Å². The molecule has 1 aromatic heterocycles. The van der Waals surface area contributed by atoms with Gasteiger partial charge in [0, 0.05) is 17.2 Å². The maximum absolute atomic E-state index is 4.39. The van der Waals surface area contributed by atoms with Gasteiger partial charge in [-0.3, -0.25) is 4.90 Å². The molecule has 3 nitrogen and oxygen atoms in total. The summed E-state index contributed by atoms with van der Waals surface area (Å²) in [4.78, 5) is 6.96. The number of nitrogens with one attached hydrogen (secondary N) is 1. The molecule has 1 aromatic carbocycles. The lowest BCUT2D eigenvalue weighted by molar-refractivity contribution is 0.256. The fourth-order valence-corrected chi connectivity index (χ4v) is 3.10. The zero-order valence-corrected chi connectivity index (χ0v) is 13.6. The van der Waals surface area contributed by atoms with E-state index in [2.05, 4.69) is 61.5 Å². The van der Waals surface area contributed by atoms with Gasteiger partial charge in [0.05, 0.1) is 6.04 Å². The first-order valence-electron chi connectivity index (χ1n) is 7.47. The van der Waals surface area contributed by atoms with Crippen LogP contribution in [0.15, 0.2) is 53.1 Å². The quantitative estimate of drug-likeness (QED) is 0.884. The van der Waals surface area contributed by atoms with Crippen molar-refractivity contribution in [1.82, 2.24) is 9.88 Å². The van der Waals surface area contributed by atoms with Crippen LogP contribution in [0.4, 0.5) is 5.82 Å². The minimum absolute atomic E-state index is 0.416. The van der Waals surface area contributed by atoms with Gasteiger partial charge in [0.25, 0.3) is 0 Å². The second kappa shape index (κ2) is 7.05. The standard InChI is InChI=1S/C17H20BrN3/c18-15-8-9-17(19-12-15)20-13-16(21-10-4-5-11-21)14-6-2-1-3-7-14/h1-3,6-9,12,16H,4-5,10-11,13H2,(H,19,20). The van der Waals surface area contributed by atoms with Crippen molar-refractivity contribution in [2.24, 2.45) is 0 Å². The Balaban J connectivity index is 1.71. The summed E-state index contributed by atoms with van der Waals surface area (Å²) >= 11 is 3.42. The van der Waals surface area contributed by atoms with Crippen molar-refractivity contribution in [3.8, 4) is 0 Å². The first-order valence-corrected chi connectivity index (χ1v) is 8.26. The van der Waals surface area contributed by atoms with Crippen LogP contribution in [0.2, 0.25) is 0 Å². The number of aromatic nitrogens is 1. The minimum atomic E-state index is 0.416. The van der Waals surface area contributed by atoms with Gasteiger partial charge in [0.15, 0.2) is 0 Å². The highest BCUT2D eigenvalue weighted by molar-refractivity contribution is 9.10. The molecule has 2 aromatic rings. The second-order valence-corrected chi connectivity index (χ2v) is 6.33. The molecule has 4 heteroatoms. The minimum Gasteiger partial charge on any atom is -0.368 e. The highest BCUT2D eigenvalue weighted by Crippen LogP contribution is 2.25. The molecular weight excluding hydrogens is 326 g/mol. The lowest BCUT2D eigenvalue weighted by Gasteiger charge is -2.28. The fraction of sp³-hybridized carbons (Fsp3) is 0.353. The maximum atomic E-state index is 4.39. The van der Waals surface area contributed by atoms with Crippen molar-refractivity contribution in [1.29, 1.82) is 0 Å². The van der Waals surface area contributed by atoms with Crippen molar-refractivity contribution in [3.63, 3.8) is 0 Å². The summed E-state index contributed by atoms with van der Waals surface area (Å²) in [7, 11) is 0. The number of nitrogens with zero attached hydrogens (tertiary/aromatic N) is 2. The number of likely N-dealkylation sites (tertiary alicyclic amines) is 1. The number of anilines is 1. The molecule has 1 N–H and O–H groups in total. The third kappa shape index (κ3) is 3.83. The van der Waals surface area contributed by atoms with Crippen LogP contribution < -0.4 is 5.32 Å². The Hall–Kier alpha value is -1.39. The lowest BCUT2D eigenvalue weighted by Crippen LogP contribution is -2.31. The number of hydrogen-bond acceptors (Lipinski definition) is 3. The largest absolute Gasteiger partial charge is 0.368 e. The van der Waals surface area contributed by atoms with E-state index in [0.717, 1.165) is 16.8 Å². The van der Waals surface area contributed by atoms with Crippen LogP contribution in [-0.4, -0.2) is 29.5 Å². The first kappa shape index (κ1) is 14.5. The van der Waals surface area contributed by atoms with Gasteiger partial charge in [-0.1, -0.05) is 30.3 Å². The van der Waals surface area contributed by atoms with Gasteiger partial charge in [0.2, 0.25) is 0 Å². The topological polar surface area (TPSA) is 28.2 Å². The molecule has 0 amide bonds. The average Bonchev–Trinajstić information content (AvgIpc) is 3.05. The monoisotopic (exact) mass is 345 g/mol. The molecule has 1 fully saturated rings. The maximum Gasteiger partial charge on any atom is 0.126 e. The van der Waals surface area contributed by atoms with E-state index in [1.54, 1.807) is 0 Å². The van der Waals surface area contributed by atoms with Crippen LogP contribution in [0.3, 0.4) is 0 Å². The van der Waals surface area contributed by atoms with Gasteiger partial charge in [-0.05, 0) is 59.6 Å². The van der Waals surface area contributed by atoms with Crippen LogP contribution in [-0.2, 0) is 0 Å². The Bertz CT molecular complexity index is 550. The SMILES string of the molecule is Brc1ccc(NCC(c2ccccc2)N2CCCC2)nc1. The van der Waals surface area contributed by atoms with E-state index in [0.29, 0.717) is 6.04 Å². The van der Waals surface area contributed by atoms with Gasteiger partial charge in [-0.2, -0.15) is 0 Å². The van der Waals surface area contributed by atoms with Gasteiger partial charge in [-0.15, -0.1) is 0 Å².